The molecule has 1 heterocycles. The molecule has 14 heavy (non-hydrogen) atoms. The van der Waals surface area contributed by atoms with E-state index in [0.29, 0.717) is 17.0 Å². The number of hydrogen-bond donors (Lipinski definition) is 0. The van der Waals surface area contributed by atoms with Crippen LogP contribution >= 0.6 is 25.9 Å². The van der Waals surface area contributed by atoms with E-state index in [9.17, 15) is 17.6 Å². The zero-order valence-corrected chi connectivity index (χ0v) is 9.23. The van der Waals surface area contributed by atoms with Gasteiger partial charge in [0.1, 0.15) is 24.0 Å². The van der Waals surface area contributed by atoms with Gasteiger partial charge in [-0.3, -0.25) is 4.84 Å². The zero-order chi connectivity index (χ0) is 10.6. The normalized spacial score (nSPS) is 22.1. The second kappa shape index (κ2) is 5.38. The minimum atomic E-state index is -4.13. The molecule has 0 saturated heterocycles. The predicted molar refractivity (Wildman–Crippen MR) is 45.8 cm³/mol. The van der Waals surface area contributed by atoms with Crippen LogP contribution in [-0.4, -0.2) is 23.6 Å². The van der Waals surface area contributed by atoms with Crippen molar-refractivity contribution in [1.82, 2.24) is 4.60 Å². The Kier molecular flexibility index (Phi) is 4.74. The van der Waals surface area contributed by atoms with Gasteiger partial charge in [0.25, 0.3) is 0 Å². The number of nitrogens with zero attached hydrogens (tertiary/aromatic N) is 3. The van der Waals surface area contributed by atoms with E-state index in [1.165, 1.54) is 0 Å². The second-order valence-corrected chi connectivity index (χ2v) is 5.30. The van der Waals surface area contributed by atoms with Crippen molar-refractivity contribution in [2.24, 2.45) is 9.03 Å². The van der Waals surface area contributed by atoms with E-state index >= 15 is 0 Å². The number of hydrogen-bond acceptors (Lipinski definition) is 4. The van der Waals surface area contributed by atoms with E-state index < -0.39 is 19.0 Å². The molecule has 1 aliphatic rings. The van der Waals surface area contributed by atoms with Gasteiger partial charge in [-0.1, -0.05) is 4.60 Å². The maximum Gasteiger partial charge on any atom is 0.332 e. The molecule has 0 spiro atoms. The molecule has 0 aromatic rings. The summed E-state index contributed by atoms with van der Waals surface area (Å²) in [5.74, 6) is -4.13. The average Bonchev–Trinajstić information content (AvgIpc) is 2.16. The third-order valence-corrected chi connectivity index (χ3v) is 3.51. The van der Waals surface area contributed by atoms with Crippen molar-refractivity contribution < 1.29 is 22.4 Å². The Balaban J connectivity index is 2.33. The molecule has 0 radical (unpaired) electrons. The maximum absolute atomic E-state index is 12.3. The van der Waals surface area contributed by atoms with Crippen LogP contribution in [0.15, 0.2) is 9.03 Å². The highest BCUT2D eigenvalue weighted by Gasteiger charge is 2.41. The van der Waals surface area contributed by atoms with Crippen LogP contribution in [-0.2, 0) is 4.84 Å². The van der Waals surface area contributed by atoms with E-state index in [1.807, 2.05) is 0 Å². The van der Waals surface area contributed by atoms with Gasteiger partial charge in [-0.2, -0.15) is 13.3 Å². The van der Waals surface area contributed by atoms with Gasteiger partial charge in [0, 0.05) is 0 Å². The molecule has 11 heteroatoms. The fourth-order valence-corrected chi connectivity index (χ4v) is 2.95. The van der Waals surface area contributed by atoms with Crippen LogP contribution in [0, 0.1) is 0 Å². The van der Waals surface area contributed by atoms with Crippen molar-refractivity contribution in [1.29, 1.82) is 0 Å². The van der Waals surface area contributed by atoms with Gasteiger partial charge in [-0.05, 0) is 0 Å². The summed E-state index contributed by atoms with van der Waals surface area (Å²) in [7, 11) is 0.619. The summed E-state index contributed by atoms with van der Waals surface area (Å²) in [6.07, 6.45) is -3.72. The topological polar surface area (TPSA) is 37.2 Å². The lowest BCUT2D eigenvalue weighted by atomic mass is 10.4. The first-order valence-corrected chi connectivity index (χ1v) is 5.67. The fraction of sp³-hybridized carbons (Fsp3) is 1.00. The third-order valence-electron chi connectivity index (χ3n) is 1.03. The highest BCUT2D eigenvalue weighted by atomic mass is 31.2. The molecule has 0 amide bonds. The van der Waals surface area contributed by atoms with Gasteiger partial charge in [0.05, 0.1) is 0 Å². The Hall–Kier alpha value is 0.270. The lowest BCUT2D eigenvalue weighted by molar-refractivity contribution is -0.190. The summed E-state index contributed by atoms with van der Waals surface area (Å²) in [5.41, 5.74) is 0. The van der Waals surface area contributed by atoms with Crippen LogP contribution in [0.5, 0.6) is 0 Å². The zero-order valence-electron chi connectivity index (χ0n) is 6.44. The molecule has 0 aromatic heterocycles. The average molecular weight is 267 g/mol. The Morgan fingerprint density at radius 1 is 1.50 bits per heavy atom. The van der Waals surface area contributed by atoms with Crippen molar-refractivity contribution in [3.8, 4) is 0 Å². The maximum atomic E-state index is 12.3. The molecule has 0 saturated carbocycles. The SMILES string of the molecule is FC(F)C(F)(F)CON1P=NP=NP1. The van der Waals surface area contributed by atoms with Crippen LogP contribution in [0.3, 0.4) is 0 Å². The lowest BCUT2D eigenvalue weighted by Crippen LogP contribution is -2.33. The lowest BCUT2D eigenvalue weighted by Gasteiger charge is -2.18. The molecule has 1 aliphatic heterocycles. The number of alkyl halides is 4. The molecule has 0 fully saturated rings. The van der Waals surface area contributed by atoms with Gasteiger partial charge in [-0.15, -0.1) is 0 Å². The summed E-state index contributed by atoms with van der Waals surface area (Å²) in [6.45, 7) is -1.35. The highest BCUT2D eigenvalue weighted by Crippen LogP contribution is 2.39. The van der Waals surface area contributed by atoms with Gasteiger partial charge >= 0.3 is 12.3 Å². The largest absolute Gasteiger partial charge is 0.332 e. The number of halogens is 4. The van der Waals surface area contributed by atoms with Crippen molar-refractivity contribution in [2.75, 3.05) is 6.61 Å². The summed E-state index contributed by atoms with van der Waals surface area (Å²) in [5, 5.41) is 0. The van der Waals surface area contributed by atoms with E-state index in [2.05, 4.69) is 13.9 Å². The summed E-state index contributed by atoms with van der Waals surface area (Å²) in [6, 6.07) is 0. The van der Waals surface area contributed by atoms with Gasteiger partial charge in [0.15, 0.2) is 8.52 Å². The molecule has 1 atom stereocenters. The minimum Gasteiger partial charge on any atom is -0.277 e. The van der Waals surface area contributed by atoms with Gasteiger partial charge in [0.2, 0.25) is 0 Å². The number of rotatable bonds is 4. The molecule has 0 bridgehead atoms. The first-order valence-electron chi connectivity index (χ1n) is 3.18. The minimum absolute atomic E-state index is 0.188. The summed E-state index contributed by atoms with van der Waals surface area (Å²) in [4.78, 5) is 4.42. The molecule has 4 nitrogen and oxygen atoms in total. The molecule has 1 rings (SSSR count). The Morgan fingerprint density at radius 3 is 2.71 bits per heavy atom. The van der Waals surface area contributed by atoms with Crippen LogP contribution in [0.4, 0.5) is 17.6 Å². The second-order valence-electron chi connectivity index (χ2n) is 2.08. The standard InChI is InChI=1S/C3H4F4N3OP3/c4-2(5)3(6,7)1-11-10-13-8-12-9-14-10/h2,13H,1H2. The van der Waals surface area contributed by atoms with Crippen LogP contribution in [0.25, 0.3) is 0 Å². The van der Waals surface area contributed by atoms with Crippen molar-refractivity contribution in [2.45, 2.75) is 12.3 Å². The third kappa shape index (κ3) is 3.79. The van der Waals surface area contributed by atoms with Crippen molar-refractivity contribution >= 4 is 25.9 Å². The fourth-order valence-electron chi connectivity index (χ4n) is 0.417. The Morgan fingerprint density at radius 2 is 2.21 bits per heavy atom. The summed E-state index contributed by atoms with van der Waals surface area (Å²) >= 11 is 0. The Bertz CT molecular complexity index is 249. The Labute approximate surface area is 81.7 Å². The molecule has 1 unspecified atom stereocenters. The van der Waals surface area contributed by atoms with Gasteiger partial charge in [-0.25, -0.2) is 13.3 Å². The molecule has 0 N–H and O–H groups in total. The first-order chi connectivity index (χ1) is 6.52. The molecular formula is C3H4F4N3OP3. The molecular weight excluding hydrogens is 263 g/mol. The van der Waals surface area contributed by atoms with E-state index in [0.717, 1.165) is 4.60 Å². The quantitative estimate of drug-likeness (QED) is 0.574. The van der Waals surface area contributed by atoms with Crippen molar-refractivity contribution in [3.05, 3.63) is 0 Å². The van der Waals surface area contributed by atoms with Crippen LogP contribution < -0.4 is 0 Å². The highest BCUT2D eigenvalue weighted by molar-refractivity contribution is 7.55. The molecule has 0 aliphatic carbocycles. The van der Waals surface area contributed by atoms with Crippen molar-refractivity contribution in [3.63, 3.8) is 0 Å². The van der Waals surface area contributed by atoms with E-state index in [4.69, 9.17) is 0 Å². The smallest absolute Gasteiger partial charge is 0.277 e. The monoisotopic (exact) mass is 267 g/mol. The summed E-state index contributed by atoms with van der Waals surface area (Å²) < 4.78 is 56.4. The van der Waals surface area contributed by atoms with Crippen LogP contribution in [0.1, 0.15) is 0 Å². The van der Waals surface area contributed by atoms with E-state index in [-0.39, 0.29) is 8.88 Å². The molecule has 0 aromatic carbocycles. The predicted octanol–water partition coefficient (Wildman–Crippen LogP) is 3.73. The van der Waals surface area contributed by atoms with Crippen LogP contribution in [0.2, 0.25) is 0 Å². The first kappa shape index (κ1) is 12.3. The molecule has 80 valence electrons. The van der Waals surface area contributed by atoms with Gasteiger partial charge < -0.3 is 0 Å². The van der Waals surface area contributed by atoms with E-state index in [1.54, 1.807) is 0 Å².